The summed E-state index contributed by atoms with van der Waals surface area (Å²) in [6.07, 6.45) is 2.14. The molecule has 0 aliphatic carbocycles. The summed E-state index contributed by atoms with van der Waals surface area (Å²) >= 11 is 0. The van der Waals surface area contributed by atoms with Crippen molar-refractivity contribution in [1.82, 2.24) is 31.0 Å². The van der Waals surface area contributed by atoms with Crippen molar-refractivity contribution in [3.8, 4) is 11.5 Å². The second-order valence-corrected chi connectivity index (χ2v) is 9.11. The van der Waals surface area contributed by atoms with Crippen LogP contribution in [-0.2, 0) is 14.3 Å². The van der Waals surface area contributed by atoms with Gasteiger partial charge in [-0.3, -0.25) is 19.8 Å². The number of piperidine rings is 1. The maximum atomic E-state index is 13.1. The van der Waals surface area contributed by atoms with Gasteiger partial charge in [0.25, 0.3) is 0 Å². The summed E-state index contributed by atoms with van der Waals surface area (Å²) < 4.78 is 24.3. The van der Waals surface area contributed by atoms with Gasteiger partial charge in [0.15, 0.2) is 0 Å². The van der Waals surface area contributed by atoms with E-state index in [4.69, 9.17) is 9.15 Å². The predicted octanol–water partition coefficient (Wildman–Crippen LogP) is 0.622. The molecule has 2 amide bonds. The summed E-state index contributed by atoms with van der Waals surface area (Å²) in [4.78, 5) is 26.8. The van der Waals surface area contributed by atoms with Gasteiger partial charge in [-0.25, -0.2) is 4.39 Å². The number of nitrogens with one attached hydrogen (secondary N) is 3. The molecule has 11 heteroatoms. The van der Waals surface area contributed by atoms with Crippen molar-refractivity contribution < 1.29 is 23.1 Å². The molecule has 1 aromatic carbocycles. The Morgan fingerprint density at radius 3 is 2.76 bits per heavy atom. The number of nitrogens with zero attached hydrogens (tertiary/aromatic N) is 3. The number of rotatable bonds is 6. The van der Waals surface area contributed by atoms with Crippen molar-refractivity contribution in [2.45, 2.75) is 37.4 Å². The van der Waals surface area contributed by atoms with Crippen LogP contribution in [0.1, 0.15) is 31.1 Å². The van der Waals surface area contributed by atoms with Gasteiger partial charge in [-0.1, -0.05) is 0 Å². The Hall–Kier alpha value is -2.89. The second-order valence-electron chi connectivity index (χ2n) is 9.11. The highest BCUT2D eigenvalue weighted by Crippen LogP contribution is 2.29. The maximum Gasteiger partial charge on any atom is 0.247 e. The van der Waals surface area contributed by atoms with Gasteiger partial charge in [-0.15, -0.1) is 10.2 Å². The van der Waals surface area contributed by atoms with Crippen molar-refractivity contribution in [2.24, 2.45) is 5.92 Å². The van der Waals surface area contributed by atoms with Crippen LogP contribution in [-0.4, -0.2) is 78.5 Å². The molecule has 3 N–H and O–H groups in total. The lowest BCUT2D eigenvalue weighted by Gasteiger charge is -2.40. The normalized spacial score (nSPS) is 26.0. The van der Waals surface area contributed by atoms with E-state index in [0.29, 0.717) is 43.6 Å². The number of likely N-dealkylation sites (tertiary alicyclic amines) is 1. The molecule has 0 radical (unpaired) electrons. The Balaban J connectivity index is 1.05. The minimum absolute atomic E-state index is 0.0200. The van der Waals surface area contributed by atoms with E-state index >= 15 is 0 Å². The van der Waals surface area contributed by atoms with Crippen molar-refractivity contribution in [3.63, 3.8) is 0 Å². The second kappa shape index (κ2) is 10.2. The Morgan fingerprint density at radius 2 is 1.97 bits per heavy atom. The van der Waals surface area contributed by atoms with E-state index in [1.807, 2.05) is 0 Å². The number of benzene rings is 1. The molecule has 3 saturated heterocycles. The Bertz CT molecular complexity index is 1010. The van der Waals surface area contributed by atoms with Gasteiger partial charge in [0.05, 0.1) is 31.8 Å². The number of carbonyl (C=O) groups is 2. The Morgan fingerprint density at radius 1 is 1.18 bits per heavy atom. The lowest BCUT2D eigenvalue weighted by molar-refractivity contribution is -0.135. The third-order valence-electron chi connectivity index (χ3n) is 6.76. The van der Waals surface area contributed by atoms with Gasteiger partial charge in [0.1, 0.15) is 5.82 Å². The van der Waals surface area contributed by atoms with E-state index < -0.39 is 0 Å². The molecule has 10 nitrogen and oxygen atoms in total. The number of aromatic nitrogens is 2. The summed E-state index contributed by atoms with van der Waals surface area (Å²) in [5.41, 5.74) is 0.685. The fourth-order valence-corrected chi connectivity index (χ4v) is 4.81. The van der Waals surface area contributed by atoms with E-state index in [9.17, 15) is 14.0 Å². The molecule has 3 aliphatic rings. The highest BCUT2D eigenvalue weighted by atomic mass is 19.1. The van der Waals surface area contributed by atoms with Crippen LogP contribution in [0.3, 0.4) is 0 Å². The minimum Gasteiger partial charge on any atom is -0.420 e. The van der Waals surface area contributed by atoms with Crippen LogP contribution in [0.25, 0.3) is 11.5 Å². The fourth-order valence-electron chi connectivity index (χ4n) is 4.81. The molecule has 182 valence electrons. The number of fused-ring (bicyclic) bond motifs is 1. The van der Waals surface area contributed by atoms with Crippen molar-refractivity contribution in [2.75, 3.05) is 39.4 Å². The van der Waals surface area contributed by atoms with Crippen molar-refractivity contribution in [1.29, 1.82) is 0 Å². The third-order valence-corrected chi connectivity index (χ3v) is 6.76. The van der Waals surface area contributed by atoms with Gasteiger partial charge in [-0.2, -0.15) is 0 Å². The first kappa shape index (κ1) is 22.9. The van der Waals surface area contributed by atoms with Gasteiger partial charge >= 0.3 is 0 Å². The SMILES string of the molecule is O=C(CN1CCC(c2nnc(-c3ccc(F)cc3)o2)CC1)NCC1NC(=O)C2COCCC2N1. The highest BCUT2D eigenvalue weighted by molar-refractivity contribution is 5.81. The quantitative estimate of drug-likeness (QED) is 0.560. The molecule has 1 aromatic heterocycles. The van der Waals surface area contributed by atoms with Crippen LogP contribution in [0.2, 0.25) is 0 Å². The van der Waals surface area contributed by atoms with Crippen LogP contribution in [0.5, 0.6) is 0 Å². The molecule has 3 aliphatic heterocycles. The van der Waals surface area contributed by atoms with Crippen LogP contribution in [0.15, 0.2) is 28.7 Å². The first-order valence-corrected chi connectivity index (χ1v) is 11.8. The van der Waals surface area contributed by atoms with E-state index in [-0.39, 0.29) is 41.7 Å². The summed E-state index contributed by atoms with van der Waals surface area (Å²) in [7, 11) is 0. The molecule has 0 spiro atoms. The maximum absolute atomic E-state index is 13.1. The average molecular weight is 473 g/mol. The predicted molar refractivity (Wildman–Crippen MR) is 119 cm³/mol. The zero-order valence-electron chi connectivity index (χ0n) is 18.8. The van der Waals surface area contributed by atoms with E-state index in [2.05, 4.69) is 31.0 Å². The summed E-state index contributed by atoms with van der Waals surface area (Å²) in [6, 6.07) is 6.05. The summed E-state index contributed by atoms with van der Waals surface area (Å²) in [5.74, 6) is 0.532. The molecule has 3 atom stereocenters. The molecular weight excluding hydrogens is 443 g/mol. The topological polar surface area (TPSA) is 122 Å². The number of hydrogen-bond donors (Lipinski definition) is 3. The molecular formula is C23H29FN6O4. The zero-order chi connectivity index (χ0) is 23.5. The average Bonchev–Trinajstić information content (AvgIpc) is 3.34. The molecule has 5 rings (SSSR count). The molecule has 0 bridgehead atoms. The molecule has 2 aromatic rings. The first-order chi connectivity index (χ1) is 16.5. The summed E-state index contributed by atoms with van der Waals surface area (Å²) in [5, 5.41) is 17.5. The van der Waals surface area contributed by atoms with Gasteiger partial charge < -0.3 is 19.8 Å². The van der Waals surface area contributed by atoms with Crippen molar-refractivity contribution >= 4 is 11.8 Å². The number of carbonyl (C=O) groups excluding carboxylic acids is 2. The van der Waals surface area contributed by atoms with E-state index in [0.717, 1.165) is 32.4 Å². The van der Waals surface area contributed by atoms with Crippen LogP contribution in [0.4, 0.5) is 4.39 Å². The third kappa shape index (κ3) is 5.26. The van der Waals surface area contributed by atoms with Crippen molar-refractivity contribution in [3.05, 3.63) is 36.0 Å². The largest absolute Gasteiger partial charge is 0.420 e. The lowest BCUT2D eigenvalue weighted by Crippen LogP contribution is -2.66. The van der Waals surface area contributed by atoms with Gasteiger partial charge in [0.2, 0.25) is 23.6 Å². The molecule has 3 unspecified atom stereocenters. The number of halogens is 1. The monoisotopic (exact) mass is 472 g/mol. The number of amides is 2. The van der Waals surface area contributed by atoms with E-state index in [1.54, 1.807) is 12.1 Å². The molecule has 0 saturated carbocycles. The van der Waals surface area contributed by atoms with E-state index in [1.165, 1.54) is 12.1 Å². The molecule has 4 heterocycles. The van der Waals surface area contributed by atoms with Crippen LogP contribution >= 0.6 is 0 Å². The number of hydrogen-bond acceptors (Lipinski definition) is 8. The summed E-state index contributed by atoms with van der Waals surface area (Å²) in [6.45, 7) is 3.23. The first-order valence-electron chi connectivity index (χ1n) is 11.8. The van der Waals surface area contributed by atoms with Gasteiger partial charge in [-0.05, 0) is 56.6 Å². The zero-order valence-corrected chi connectivity index (χ0v) is 18.8. The minimum atomic E-state index is -0.312. The van der Waals surface area contributed by atoms with Gasteiger partial charge in [0, 0.05) is 24.1 Å². The van der Waals surface area contributed by atoms with Crippen LogP contribution < -0.4 is 16.0 Å². The smallest absolute Gasteiger partial charge is 0.247 e. The Kier molecular flexibility index (Phi) is 6.84. The highest BCUT2D eigenvalue weighted by Gasteiger charge is 2.38. The molecule has 34 heavy (non-hydrogen) atoms. The van der Waals surface area contributed by atoms with Crippen LogP contribution in [0, 0.1) is 11.7 Å². The molecule has 3 fully saturated rings. The lowest BCUT2D eigenvalue weighted by atomic mass is 9.92. The number of ether oxygens (including phenoxy) is 1. The standard InChI is InChI=1S/C23H29FN6O4/c24-16-3-1-14(2-4-16)22-28-29-23(34-22)15-5-8-30(9-6-15)12-20(31)25-11-19-26-18-7-10-33-13-17(18)21(32)27-19/h1-4,15,17-19,26H,5-13H2,(H,25,31)(H,27,32). The fraction of sp³-hybridized carbons (Fsp3) is 0.565. The Labute approximate surface area is 196 Å².